The second-order valence-electron chi connectivity index (χ2n) is 3.66. The second kappa shape index (κ2) is 5.78. The van der Waals surface area contributed by atoms with Crippen molar-refractivity contribution in [1.82, 2.24) is 9.59 Å². The quantitative estimate of drug-likeness (QED) is 0.943. The van der Waals surface area contributed by atoms with Crippen molar-refractivity contribution in [3.8, 4) is 6.07 Å². The summed E-state index contributed by atoms with van der Waals surface area (Å²) in [5, 5.41) is 15.7. The lowest BCUT2D eigenvalue weighted by Gasteiger charge is -2.05. The number of anilines is 1. The van der Waals surface area contributed by atoms with Gasteiger partial charge in [-0.1, -0.05) is 23.0 Å². The fraction of sp³-hybridized carbons (Fsp3) is 0.167. The van der Waals surface area contributed by atoms with Crippen LogP contribution in [-0.2, 0) is 6.42 Å². The van der Waals surface area contributed by atoms with Gasteiger partial charge in [0.1, 0.15) is 10.9 Å². The SMILES string of the molecule is CCc1nnsc1C(=O)Nc1ccc(C#N)c(Cl)c1. The molecule has 0 fully saturated rings. The van der Waals surface area contributed by atoms with Gasteiger partial charge in [0.25, 0.3) is 5.91 Å². The molecule has 1 N–H and O–H groups in total. The fourth-order valence-corrected chi connectivity index (χ4v) is 2.35. The zero-order chi connectivity index (χ0) is 13.8. The Labute approximate surface area is 119 Å². The van der Waals surface area contributed by atoms with Crippen molar-refractivity contribution >= 4 is 34.7 Å². The molecule has 0 radical (unpaired) electrons. The van der Waals surface area contributed by atoms with Gasteiger partial charge in [-0.25, -0.2) is 0 Å². The summed E-state index contributed by atoms with van der Waals surface area (Å²) in [6.45, 7) is 1.91. The van der Waals surface area contributed by atoms with Gasteiger partial charge in [0, 0.05) is 5.69 Å². The van der Waals surface area contributed by atoms with E-state index in [1.807, 2.05) is 13.0 Å². The van der Waals surface area contributed by atoms with Gasteiger partial charge < -0.3 is 5.32 Å². The molecule has 7 heteroatoms. The number of hydrogen-bond donors (Lipinski definition) is 1. The smallest absolute Gasteiger partial charge is 0.269 e. The van der Waals surface area contributed by atoms with E-state index in [1.54, 1.807) is 12.1 Å². The highest BCUT2D eigenvalue weighted by molar-refractivity contribution is 7.08. The predicted octanol–water partition coefficient (Wildman–Crippen LogP) is 2.88. The van der Waals surface area contributed by atoms with Gasteiger partial charge in [-0.2, -0.15) is 5.26 Å². The summed E-state index contributed by atoms with van der Waals surface area (Å²) in [4.78, 5) is 12.5. The molecule has 19 heavy (non-hydrogen) atoms. The third-order valence-corrected chi connectivity index (χ3v) is 3.52. The molecule has 2 aromatic rings. The molecule has 96 valence electrons. The van der Waals surface area contributed by atoms with Gasteiger partial charge in [0.15, 0.2) is 0 Å². The molecular weight excluding hydrogens is 284 g/mol. The summed E-state index contributed by atoms with van der Waals surface area (Å²) in [5.74, 6) is -0.271. The summed E-state index contributed by atoms with van der Waals surface area (Å²) in [6, 6.07) is 6.69. The Morgan fingerprint density at radius 1 is 1.58 bits per heavy atom. The minimum atomic E-state index is -0.271. The molecule has 1 aromatic carbocycles. The number of nitrogens with zero attached hydrogens (tertiary/aromatic N) is 3. The third-order valence-electron chi connectivity index (χ3n) is 2.44. The van der Waals surface area contributed by atoms with Crippen molar-refractivity contribution in [2.45, 2.75) is 13.3 Å². The van der Waals surface area contributed by atoms with Crippen LogP contribution >= 0.6 is 23.1 Å². The number of amides is 1. The van der Waals surface area contributed by atoms with Gasteiger partial charge in [-0.05, 0) is 36.2 Å². The lowest BCUT2D eigenvalue weighted by Crippen LogP contribution is -2.12. The number of aromatic nitrogens is 2. The molecule has 0 spiro atoms. The van der Waals surface area contributed by atoms with Crippen molar-refractivity contribution in [2.75, 3.05) is 5.32 Å². The molecule has 0 atom stereocenters. The van der Waals surface area contributed by atoms with E-state index < -0.39 is 0 Å². The molecule has 0 aliphatic heterocycles. The van der Waals surface area contributed by atoms with Gasteiger partial charge in [-0.15, -0.1) is 5.10 Å². The Bertz CT molecular complexity index is 662. The zero-order valence-electron chi connectivity index (χ0n) is 9.98. The van der Waals surface area contributed by atoms with Crippen LogP contribution in [0, 0.1) is 11.3 Å². The number of carbonyl (C=O) groups excluding carboxylic acids is 1. The molecule has 1 aromatic heterocycles. The fourth-order valence-electron chi connectivity index (χ4n) is 1.48. The number of nitrogens with one attached hydrogen (secondary N) is 1. The summed E-state index contributed by atoms with van der Waals surface area (Å²) < 4.78 is 3.76. The highest BCUT2D eigenvalue weighted by Gasteiger charge is 2.15. The maximum Gasteiger partial charge on any atom is 0.269 e. The van der Waals surface area contributed by atoms with Crippen molar-refractivity contribution in [1.29, 1.82) is 5.26 Å². The highest BCUT2D eigenvalue weighted by atomic mass is 35.5. The number of benzene rings is 1. The van der Waals surface area contributed by atoms with E-state index in [9.17, 15) is 4.79 Å². The van der Waals surface area contributed by atoms with E-state index >= 15 is 0 Å². The van der Waals surface area contributed by atoms with Crippen molar-refractivity contribution < 1.29 is 4.79 Å². The molecule has 0 saturated heterocycles. The van der Waals surface area contributed by atoms with E-state index in [-0.39, 0.29) is 5.91 Å². The standard InChI is InChI=1S/C12H9ClN4OS/c1-2-10-11(19-17-16-10)12(18)15-8-4-3-7(6-14)9(13)5-8/h3-5H,2H2,1H3,(H,15,18). The minimum absolute atomic E-state index is 0.271. The first kappa shape index (κ1) is 13.5. The molecule has 0 bridgehead atoms. The first-order valence-corrected chi connectivity index (χ1v) is 6.63. The number of hydrogen-bond acceptors (Lipinski definition) is 5. The Balaban J connectivity index is 2.20. The van der Waals surface area contributed by atoms with Gasteiger partial charge in [0.05, 0.1) is 16.3 Å². The van der Waals surface area contributed by atoms with Crippen LogP contribution in [0.2, 0.25) is 5.02 Å². The van der Waals surface area contributed by atoms with Crippen molar-refractivity contribution in [3.63, 3.8) is 0 Å². The van der Waals surface area contributed by atoms with E-state index in [0.717, 1.165) is 11.5 Å². The summed E-state index contributed by atoms with van der Waals surface area (Å²) in [6.07, 6.45) is 0.646. The molecule has 0 aliphatic carbocycles. The molecule has 0 aliphatic rings. The largest absolute Gasteiger partial charge is 0.321 e. The summed E-state index contributed by atoms with van der Waals surface area (Å²) >= 11 is 6.96. The zero-order valence-corrected chi connectivity index (χ0v) is 11.5. The molecule has 1 heterocycles. The Morgan fingerprint density at radius 3 is 3.00 bits per heavy atom. The highest BCUT2D eigenvalue weighted by Crippen LogP contribution is 2.21. The van der Waals surface area contributed by atoms with Gasteiger partial charge in [-0.3, -0.25) is 4.79 Å². The number of halogens is 1. The van der Waals surface area contributed by atoms with Gasteiger partial charge in [0.2, 0.25) is 0 Å². The lowest BCUT2D eigenvalue weighted by atomic mass is 10.2. The third kappa shape index (κ3) is 2.89. The first-order chi connectivity index (χ1) is 9.15. The normalized spacial score (nSPS) is 9.95. The minimum Gasteiger partial charge on any atom is -0.321 e. The Kier molecular flexibility index (Phi) is 4.10. The van der Waals surface area contributed by atoms with Crippen molar-refractivity contribution in [2.24, 2.45) is 0 Å². The maximum absolute atomic E-state index is 12.0. The second-order valence-corrected chi connectivity index (χ2v) is 4.82. The summed E-state index contributed by atoms with van der Waals surface area (Å²) in [5.41, 5.74) is 1.57. The van der Waals surface area contributed by atoms with Gasteiger partial charge >= 0.3 is 0 Å². The van der Waals surface area contributed by atoms with Crippen LogP contribution in [0.3, 0.4) is 0 Å². The Morgan fingerprint density at radius 2 is 2.37 bits per heavy atom. The van der Waals surface area contributed by atoms with Crippen LogP contribution in [0.15, 0.2) is 18.2 Å². The number of nitriles is 1. The monoisotopic (exact) mass is 292 g/mol. The van der Waals surface area contributed by atoms with E-state index in [0.29, 0.717) is 33.3 Å². The molecular formula is C12H9ClN4OS. The molecule has 5 nitrogen and oxygen atoms in total. The van der Waals surface area contributed by atoms with Crippen LogP contribution in [0.5, 0.6) is 0 Å². The van der Waals surface area contributed by atoms with Crippen LogP contribution in [0.4, 0.5) is 5.69 Å². The molecule has 0 saturated carbocycles. The van der Waals surface area contributed by atoms with Crippen LogP contribution in [0.25, 0.3) is 0 Å². The molecule has 0 unspecified atom stereocenters. The predicted molar refractivity (Wildman–Crippen MR) is 73.4 cm³/mol. The topological polar surface area (TPSA) is 78.7 Å². The Hall–Kier alpha value is -1.97. The number of aryl methyl sites for hydroxylation is 1. The molecule has 2 rings (SSSR count). The van der Waals surface area contributed by atoms with Crippen LogP contribution in [-0.4, -0.2) is 15.5 Å². The molecule has 1 amide bonds. The maximum atomic E-state index is 12.0. The van der Waals surface area contributed by atoms with Crippen LogP contribution < -0.4 is 5.32 Å². The first-order valence-electron chi connectivity index (χ1n) is 5.48. The van der Waals surface area contributed by atoms with Crippen molar-refractivity contribution in [3.05, 3.63) is 39.4 Å². The van der Waals surface area contributed by atoms with E-state index in [4.69, 9.17) is 16.9 Å². The average Bonchev–Trinajstić information content (AvgIpc) is 2.87. The number of carbonyl (C=O) groups is 1. The van der Waals surface area contributed by atoms with Crippen LogP contribution in [0.1, 0.15) is 27.9 Å². The number of rotatable bonds is 3. The van der Waals surface area contributed by atoms with E-state index in [1.165, 1.54) is 6.07 Å². The lowest BCUT2D eigenvalue weighted by molar-refractivity contribution is 0.102. The average molecular weight is 293 g/mol. The van der Waals surface area contributed by atoms with E-state index in [2.05, 4.69) is 14.9 Å². The summed E-state index contributed by atoms with van der Waals surface area (Å²) in [7, 11) is 0.